The van der Waals surface area contributed by atoms with Crippen LogP contribution in [-0.4, -0.2) is 70.2 Å². The number of rotatable bonds is 1. The number of Topliss-reactive ketones (excluding diaryl/α,β-unsaturated/α-hetero) is 1. The van der Waals surface area contributed by atoms with Crippen LogP contribution in [0.25, 0.3) is 0 Å². The summed E-state index contributed by atoms with van der Waals surface area (Å²) in [7, 11) is 1.65. The maximum atomic E-state index is 13.8. The van der Waals surface area contributed by atoms with Gasteiger partial charge in [0.05, 0.1) is 35.8 Å². The van der Waals surface area contributed by atoms with Crippen LogP contribution in [0.4, 0.5) is 5.69 Å². The second-order valence-corrected chi connectivity index (χ2v) is 9.85. The number of para-hydroxylation sites is 1. The van der Waals surface area contributed by atoms with E-state index in [9.17, 15) is 15.0 Å². The first-order valence-electron chi connectivity index (χ1n) is 10.3. The zero-order valence-electron chi connectivity index (χ0n) is 15.5. The Kier molecular flexibility index (Phi) is 2.10. The van der Waals surface area contributed by atoms with Crippen molar-refractivity contribution in [2.75, 3.05) is 19.0 Å². The summed E-state index contributed by atoms with van der Waals surface area (Å²) in [6, 6.07) is 5.98. The summed E-state index contributed by atoms with van der Waals surface area (Å²) in [6.07, 6.45) is 0.550. The number of hydrogen-bond donors (Lipinski definition) is 3. The van der Waals surface area contributed by atoms with Gasteiger partial charge in [-0.15, -0.1) is 0 Å². The molecule has 4 aliphatic carbocycles. The monoisotopic (exact) mass is 382 g/mol. The standard InChI is InChI=1S/C21H22N2O5/c1-27-10-4-2-3-9-13(10)22-19-7-6-18-11(24)5-8-23-15-12(20(9,19)16(18)23)14(25)21(19,26)17(18)28-15/h2-4,11-12,15-17,22,24,26H,5-8H2,1H3. The highest BCUT2D eigenvalue weighted by atomic mass is 16.5. The lowest BCUT2D eigenvalue weighted by Crippen LogP contribution is -2.90. The van der Waals surface area contributed by atoms with Crippen LogP contribution in [0, 0.1) is 11.3 Å². The van der Waals surface area contributed by atoms with Crippen molar-refractivity contribution in [1.82, 2.24) is 4.90 Å². The molecular weight excluding hydrogens is 360 g/mol. The number of piperidine rings is 1. The Morgan fingerprint density at radius 3 is 3.04 bits per heavy atom. The Morgan fingerprint density at radius 2 is 2.21 bits per heavy atom. The highest BCUT2D eigenvalue weighted by molar-refractivity contribution is 6.04. The van der Waals surface area contributed by atoms with Gasteiger partial charge in [-0.3, -0.25) is 9.69 Å². The number of carbonyl (C=O) groups is 1. The van der Waals surface area contributed by atoms with Crippen molar-refractivity contribution >= 4 is 11.5 Å². The van der Waals surface area contributed by atoms with Crippen LogP contribution >= 0.6 is 0 Å². The van der Waals surface area contributed by atoms with Gasteiger partial charge in [-0.2, -0.15) is 0 Å². The second-order valence-electron chi connectivity index (χ2n) is 9.85. The van der Waals surface area contributed by atoms with Crippen LogP contribution < -0.4 is 10.1 Å². The Labute approximate surface area is 161 Å². The lowest BCUT2D eigenvalue weighted by molar-refractivity contribution is -0.348. The molecule has 0 radical (unpaired) electrons. The van der Waals surface area contributed by atoms with Crippen molar-refractivity contribution in [3.05, 3.63) is 23.8 Å². The summed E-state index contributed by atoms with van der Waals surface area (Å²) in [6.45, 7) is 0.726. The van der Waals surface area contributed by atoms with Crippen molar-refractivity contribution < 1.29 is 24.5 Å². The number of hydrogen-bond acceptors (Lipinski definition) is 7. The third-order valence-corrected chi connectivity index (χ3v) is 9.78. The topological polar surface area (TPSA) is 91.3 Å². The molecule has 10 rings (SSSR count). The maximum Gasteiger partial charge on any atom is 0.177 e. The van der Waals surface area contributed by atoms with Crippen LogP contribution in [-0.2, 0) is 14.9 Å². The van der Waals surface area contributed by atoms with E-state index >= 15 is 0 Å². The minimum Gasteiger partial charge on any atom is -0.495 e. The molecule has 146 valence electrons. The molecule has 3 spiro atoms. The van der Waals surface area contributed by atoms with Gasteiger partial charge >= 0.3 is 0 Å². The van der Waals surface area contributed by atoms with E-state index in [1.165, 1.54) is 0 Å². The minimum atomic E-state index is -1.61. The van der Waals surface area contributed by atoms with E-state index in [0.717, 1.165) is 30.0 Å². The smallest absolute Gasteiger partial charge is 0.177 e. The van der Waals surface area contributed by atoms with Gasteiger partial charge in [0.25, 0.3) is 0 Å². The van der Waals surface area contributed by atoms with E-state index in [-0.39, 0.29) is 18.1 Å². The fraction of sp³-hybridized carbons (Fsp3) is 0.667. The van der Waals surface area contributed by atoms with Gasteiger partial charge < -0.3 is 25.0 Å². The van der Waals surface area contributed by atoms with E-state index < -0.39 is 40.1 Å². The van der Waals surface area contributed by atoms with E-state index in [2.05, 4.69) is 16.3 Å². The Morgan fingerprint density at radius 1 is 1.36 bits per heavy atom. The summed E-state index contributed by atoms with van der Waals surface area (Å²) >= 11 is 0. The number of ether oxygens (including phenoxy) is 2. The van der Waals surface area contributed by atoms with Gasteiger partial charge in [0.15, 0.2) is 11.4 Å². The molecule has 8 fully saturated rings. The molecule has 3 N–H and O–H groups in total. The summed E-state index contributed by atoms with van der Waals surface area (Å²) < 4.78 is 12.1. The van der Waals surface area contributed by atoms with Gasteiger partial charge in [0.1, 0.15) is 18.1 Å². The average Bonchev–Trinajstić information content (AvgIpc) is 3.18. The number of aliphatic hydroxyl groups is 2. The van der Waals surface area contributed by atoms with Gasteiger partial charge in [0, 0.05) is 18.0 Å². The van der Waals surface area contributed by atoms with Crippen LogP contribution in [0.15, 0.2) is 18.2 Å². The number of methoxy groups -OCH3 is 1. The van der Waals surface area contributed by atoms with E-state index in [0.29, 0.717) is 12.8 Å². The molecule has 7 nitrogen and oxygen atoms in total. The van der Waals surface area contributed by atoms with Crippen molar-refractivity contribution in [2.24, 2.45) is 11.3 Å². The van der Waals surface area contributed by atoms with Gasteiger partial charge in [0.2, 0.25) is 0 Å². The first kappa shape index (κ1) is 15.2. The molecule has 7 heteroatoms. The quantitative estimate of drug-likeness (QED) is 0.630. The Hall–Kier alpha value is -1.67. The molecule has 1 aromatic carbocycles. The molecule has 0 amide bonds. The predicted octanol–water partition coefficient (Wildman–Crippen LogP) is -0.00520. The normalized spacial score (nSPS) is 60.2. The largest absolute Gasteiger partial charge is 0.495 e. The highest BCUT2D eigenvalue weighted by Crippen LogP contribution is 2.84. The molecule has 4 saturated heterocycles. The molecule has 0 aromatic heterocycles. The Bertz CT molecular complexity index is 1010. The van der Waals surface area contributed by atoms with Crippen LogP contribution in [0.5, 0.6) is 5.75 Å². The van der Waals surface area contributed by atoms with Crippen molar-refractivity contribution in [2.45, 2.75) is 60.3 Å². The highest BCUT2D eigenvalue weighted by Gasteiger charge is 2.99. The van der Waals surface area contributed by atoms with Crippen LogP contribution in [0.2, 0.25) is 0 Å². The zero-order chi connectivity index (χ0) is 18.8. The van der Waals surface area contributed by atoms with E-state index in [1.54, 1.807) is 7.11 Å². The third-order valence-electron chi connectivity index (χ3n) is 9.78. The van der Waals surface area contributed by atoms with Crippen molar-refractivity contribution in [3.63, 3.8) is 0 Å². The minimum absolute atomic E-state index is 0.00108. The van der Waals surface area contributed by atoms with Crippen LogP contribution in [0.3, 0.4) is 0 Å². The number of carbonyl (C=O) groups excluding carboxylic acids is 1. The number of fused-ring (bicyclic) bond motifs is 2. The predicted molar refractivity (Wildman–Crippen MR) is 95.9 cm³/mol. The van der Waals surface area contributed by atoms with Crippen molar-refractivity contribution in [1.29, 1.82) is 0 Å². The number of benzene rings is 1. The zero-order valence-corrected chi connectivity index (χ0v) is 15.5. The maximum absolute atomic E-state index is 13.8. The molecule has 9 bridgehead atoms. The molecule has 4 saturated carbocycles. The Balaban J connectivity index is 1.56. The number of nitrogens with one attached hydrogen (secondary N) is 1. The summed E-state index contributed by atoms with van der Waals surface area (Å²) in [5, 5.41) is 27.0. The SMILES string of the molecule is COc1cccc2c1NC13CCC45C(O)CCN6C7OC4C1(O)C(=O)C7C23C65. The lowest BCUT2D eigenvalue weighted by Gasteiger charge is -2.74. The number of nitrogens with zero attached hydrogens (tertiary/aromatic N) is 1. The molecule has 9 aliphatic rings. The molecule has 5 heterocycles. The fourth-order valence-corrected chi connectivity index (χ4v) is 9.32. The molecule has 28 heavy (non-hydrogen) atoms. The van der Waals surface area contributed by atoms with Gasteiger partial charge in [-0.25, -0.2) is 0 Å². The fourth-order valence-electron chi connectivity index (χ4n) is 9.32. The first-order chi connectivity index (χ1) is 13.5. The van der Waals surface area contributed by atoms with E-state index in [1.807, 2.05) is 12.1 Å². The average molecular weight is 382 g/mol. The number of anilines is 1. The molecule has 10 atom stereocenters. The number of ketones is 1. The first-order valence-corrected chi connectivity index (χ1v) is 10.3. The molecular formula is C21H22N2O5. The van der Waals surface area contributed by atoms with E-state index in [4.69, 9.17) is 9.47 Å². The summed E-state index contributed by atoms with van der Waals surface area (Å²) in [4.78, 5) is 16.1. The molecule has 5 aliphatic heterocycles. The van der Waals surface area contributed by atoms with Gasteiger partial charge in [-0.1, -0.05) is 12.1 Å². The van der Waals surface area contributed by atoms with Gasteiger partial charge in [-0.05, 0) is 30.9 Å². The third kappa shape index (κ3) is 0.962. The second kappa shape index (κ2) is 3.86. The lowest BCUT2D eigenvalue weighted by atomic mass is 9.39. The number of aliphatic hydroxyl groups excluding tert-OH is 1. The molecule has 10 unspecified atom stereocenters. The van der Waals surface area contributed by atoms with Crippen molar-refractivity contribution in [3.8, 4) is 5.75 Å². The molecule has 1 aromatic rings. The van der Waals surface area contributed by atoms with Crippen LogP contribution in [0.1, 0.15) is 24.8 Å². The summed E-state index contributed by atoms with van der Waals surface area (Å²) in [5.41, 5.74) is -1.63. The summed E-state index contributed by atoms with van der Waals surface area (Å²) in [5.74, 6) is 0.248.